The van der Waals surface area contributed by atoms with Crippen LogP contribution < -0.4 is 0 Å². The number of hydrogen-bond donors (Lipinski definition) is 0. The number of ether oxygens (including phenoxy) is 1. The maximum Gasteiger partial charge on any atom is 0.333 e. The van der Waals surface area contributed by atoms with E-state index in [0.29, 0.717) is 5.57 Å². The molecule has 0 rings (SSSR count). The number of carbonyl (C=O) groups is 1. The number of methoxy groups -OCH3 is 1. The summed E-state index contributed by atoms with van der Waals surface area (Å²) in [7, 11) is 1.38. The Labute approximate surface area is 140 Å². The average Bonchev–Trinajstić information content (AvgIpc) is 2.50. The molecule has 0 atom stereocenters. The SMILES string of the molecule is COC(=O)/C(C)=C/C=C/C(C)=C/C=C/C=C(C)/C=C/C=C(C)C. The van der Waals surface area contributed by atoms with Gasteiger partial charge < -0.3 is 4.74 Å². The zero-order valence-corrected chi connectivity index (χ0v) is 15.1. The van der Waals surface area contributed by atoms with E-state index in [-0.39, 0.29) is 5.97 Å². The van der Waals surface area contributed by atoms with Gasteiger partial charge in [0.25, 0.3) is 0 Å². The van der Waals surface area contributed by atoms with E-state index in [1.165, 1.54) is 18.3 Å². The van der Waals surface area contributed by atoms with E-state index in [4.69, 9.17) is 0 Å². The molecule has 2 heteroatoms. The number of allylic oxidation sites excluding steroid dienone is 13. The van der Waals surface area contributed by atoms with E-state index in [2.05, 4.69) is 49.8 Å². The average molecular weight is 312 g/mol. The molecule has 0 aromatic carbocycles. The molecule has 0 spiro atoms. The molecule has 0 radical (unpaired) electrons. The molecule has 0 aliphatic rings. The first-order valence-corrected chi connectivity index (χ1v) is 7.63. The van der Waals surface area contributed by atoms with Gasteiger partial charge in [-0.2, -0.15) is 0 Å². The van der Waals surface area contributed by atoms with Crippen LogP contribution in [0.25, 0.3) is 0 Å². The van der Waals surface area contributed by atoms with Crippen molar-refractivity contribution in [3.8, 4) is 0 Å². The summed E-state index contributed by atoms with van der Waals surface area (Å²) in [6, 6.07) is 0. The van der Waals surface area contributed by atoms with Crippen molar-refractivity contribution in [2.75, 3.05) is 7.11 Å². The lowest BCUT2D eigenvalue weighted by Crippen LogP contribution is -2.00. The Balaban J connectivity index is 4.57. The van der Waals surface area contributed by atoms with E-state index < -0.39 is 0 Å². The molecule has 0 aliphatic carbocycles. The topological polar surface area (TPSA) is 26.3 Å². The maximum atomic E-state index is 11.2. The monoisotopic (exact) mass is 312 g/mol. The summed E-state index contributed by atoms with van der Waals surface area (Å²) in [4.78, 5) is 11.2. The minimum atomic E-state index is -0.307. The van der Waals surface area contributed by atoms with E-state index in [1.807, 2.05) is 37.3 Å². The molecule has 0 heterocycles. The largest absolute Gasteiger partial charge is 0.466 e. The lowest BCUT2D eigenvalue weighted by molar-refractivity contribution is -0.136. The van der Waals surface area contributed by atoms with Gasteiger partial charge in [0.1, 0.15) is 0 Å². The van der Waals surface area contributed by atoms with Gasteiger partial charge in [-0.15, -0.1) is 0 Å². The second-order valence-corrected chi connectivity index (χ2v) is 5.51. The van der Waals surface area contributed by atoms with Crippen LogP contribution in [0.4, 0.5) is 0 Å². The Kier molecular flexibility index (Phi) is 11.0. The Hall–Kier alpha value is -2.35. The molecule has 0 unspecified atom stereocenters. The Morgan fingerprint density at radius 3 is 1.61 bits per heavy atom. The number of hydrogen-bond acceptors (Lipinski definition) is 2. The highest BCUT2D eigenvalue weighted by atomic mass is 16.5. The molecule has 0 aromatic rings. The zero-order valence-electron chi connectivity index (χ0n) is 15.1. The van der Waals surface area contributed by atoms with Crippen molar-refractivity contribution in [1.29, 1.82) is 0 Å². The van der Waals surface area contributed by atoms with Crippen LogP contribution >= 0.6 is 0 Å². The number of esters is 1. The third-order valence-electron chi connectivity index (χ3n) is 2.83. The van der Waals surface area contributed by atoms with Crippen LogP contribution in [0.15, 0.2) is 83.1 Å². The molecule has 0 bridgehead atoms. The van der Waals surface area contributed by atoms with E-state index >= 15 is 0 Å². The Bertz CT molecular complexity index is 587. The highest BCUT2D eigenvalue weighted by Crippen LogP contribution is 2.01. The smallest absolute Gasteiger partial charge is 0.333 e. The van der Waals surface area contributed by atoms with Crippen LogP contribution in [-0.4, -0.2) is 13.1 Å². The van der Waals surface area contributed by atoms with Crippen molar-refractivity contribution >= 4 is 5.97 Å². The van der Waals surface area contributed by atoms with Crippen molar-refractivity contribution in [3.05, 3.63) is 83.1 Å². The highest BCUT2D eigenvalue weighted by Gasteiger charge is 1.99. The summed E-state index contributed by atoms with van der Waals surface area (Å²) < 4.78 is 4.63. The second-order valence-electron chi connectivity index (χ2n) is 5.51. The fourth-order valence-corrected chi connectivity index (χ4v) is 1.49. The molecular formula is C21H28O2. The van der Waals surface area contributed by atoms with E-state index in [9.17, 15) is 4.79 Å². The Morgan fingerprint density at radius 2 is 1.17 bits per heavy atom. The highest BCUT2D eigenvalue weighted by molar-refractivity contribution is 5.87. The van der Waals surface area contributed by atoms with Gasteiger partial charge in [0.15, 0.2) is 0 Å². The van der Waals surface area contributed by atoms with Gasteiger partial charge in [0, 0.05) is 5.57 Å². The van der Waals surface area contributed by atoms with Crippen molar-refractivity contribution < 1.29 is 9.53 Å². The molecular weight excluding hydrogens is 284 g/mol. The lowest BCUT2D eigenvalue weighted by Gasteiger charge is -1.95. The van der Waals surface area contributed by atoms with E-state index in [0.717, 1.165) is 5.57 Å². The van der Waals surface area contributed by atoms with Gasteiger partial charge in [0.05, 0.1) is 7.11 Å². The molecule has 0 fully saturated rings. The van der Waals surface area contributed by atoms with Gasteiger partial charge in [-0.05, 0) is 34.6 Å². The first-order chi connectivity index (χ1) is 10.9. The standard InChI is InChI=1S/C21H28O2/c1-17(2)11-9-14-18(3)12-7-8-13-19(4)15-10-16-20(5)21(22)23-6/h7-16H,1-6H3/b8-7+,14-9+,15-10+,18-12+,19-13+,20-16+. The minimum Gasteiger partial charge on any atom is -0.466 e. The first kappa shape index (κ1) is 20.7. The lowest BCUT2D eigenvalue weighted by atomic mass is 10.2. The summed E-state index contributed by atoms with van der Waals surface area (Å²) in [5, 5.41) is 0. The van der Waals surface area contributed by atoms with Gasteiger partial charge in [-0.25, -0.2) is 4.79 Å². The number of carbonyl (C=O) groups excluding carboxylic acids is 1. The molecule has 0 saturated carbocycles. The normalized spacial score (nSPS) is 14.1. The third kappa shape index (κ3) is 11.9. The minimum absolute atomic E-state index is 0.307. The quantitative estimate of drug-likeness (QED) is 0.346. The predicted octanol–water partition coefficient (Wildman–Crippen LogP) is 5.63. The summed E-state index contributed by atoms with van der Waals surface area (Å²) >= 11 is 0. The summed E-state index contributed by atoms with van der Waals surface area (Å²) in [5.74, 6) is -0.307. The second kappa shape index (κ2) is 12.2. The van der Waals surface area contributed by atoms with Crippen LogP contribution in [0.3, 0.4) is 0 Å². The molecule has 0 saturated heterocycles. The number of rotatable bonds is 7. The summed E-state index contributed by atoms with van der Waals surface area (Å²) in [6.45, 7) is 9.95. The third-order valence-corrected chi connectivity index (χ3v) is 2.83. The predicted molar refractivity (Wildman–Crippen MR) is 100 cm³/mol. The molecule has 23 heavy (non-hydrogen) atoms. The van der Waals surface area contributed by atoms with Crippen molar-refractivity contribution in [1.82, 2.24) is 0 Å². The van der Waals surface area contributed by atoms with Crippen molar-refractivity contribution in [2.45, 2.75) is 34.6 Å². The summed E-state index contributed by atoms with van der Waals surface area (Å²) in [5.41, 5.74) is 4.15. The molecule has 0 N–H and O–H groups in total. The fraction of sp³-hybridized carbons (Fsp3) is 0.286. The van der Waals surface area contributed by atoms with Crippen LogP contribution in [0.1, 0.15) is 34.6 Å². The van der Waals surface area contributed by atoms with Crippen molar-refractivity contribution in [2.24, 2.45) is 0 Å². The molecule has 0 amide bonds. The van der Waals surface area contributed by atoms with Crippen molar-refractivity contribution in [3.63, 3.8) is 0 Å². The molecule has 2 nitrogen and oxygen atoms in total. The van der Waals surface area contributed by atoms with Crippen LogP contribution in [0.2, 0.25) is 0 Å². The summed E-state index contributed by atoms with van der Waals surface area (Å²) in [6.07, 6.45) is 19.8. The molecule has 0 aromatic heterocycles. The van der Waals surface area contributed by atoms with Gasteiger partial charge in [-0.3, -0.25) is 0 Å². The molecule has 0 aliphatic heterocycles. The Morgan fingerprint density at radius 1 is 0.696 bits per heavy atom. The molecule has 124 valence electrons. The zero-order chi connectivity index (χ0) is 17.7. The van der Waals surface area contributed by atoms with Crippen LogP contribution in [0, 0.1) is 0 Å². The van der Waals surface area contributed by atoms with Gasteiger partial charge in [-0.1, -0.05) is 77.5 Å². The fourth-order valence-electron chi connectivity index (χ4n) is 1.49. The van der Waals surface area contributed by atoms with Crippen LogP contribution in [0.5, 0.6) is 0 Å². The van der Waals surface area contributed by atoms with Gasteiger partial charge >= 0.3 is 5.97 Å². The van der Waals surface area contributed by atoms with Gasteiger partial charge in [0.2, 0.25) is 0 Å². The first-order valence-electron chi connectivity index (χ1n) is 7.63. The van der Waals surface area contributed by atoms with E-state index in [1.54, 1.807) is 13.0 Å². The van der Waals surface area contributed by atoms with Crippen LogP contribution in [-0.2, 0) is 9.53 Å². The maximum absolute atomic E-state index is 11.2.